The molecule has 0 saturated heterocycles. The van der Waals surface area contributed by atoms with Gasteiger partial charge in [-0.15, -0.1) is 0 Å². The molecule has 0 bridgehead atoms. The summed E-state index contributed by atoms with van der Waals surface area (Å²) in [6, 6.07) is 14.5. The molecule has 0 radical (unpaired) electrons. The van der Waals surface area contributed by atoms with Crippen LogP contribution >= 0.6 is 11.6 Å². The molecule has 2 aromatic carbocycles. The van der Waals surface area contributed by atoms with E-state index in [9.17, 15) is 15.0 Å². The number of hydrazone groups is 1. The summed E-state index contributed by atoms with van der Waals surface area (Å²) in [6.45, 7) is 1.86. The topological polar surface area (TPSA) is 94.8 Å². The standard InChI is InChI=1S/C20H16ClN3O3/c1-12-8-13(9-18(23-12)14-2-5-16(25)6-3-14)11-22-24-20(27)15-4-7-19(26)17(21)10-15/h2-11,25-26H,1H3,(H,24,27). The molecule has 3 aromatic rings. The monoisotopic (exact) mass is 381 g/mol. The van der Waals surface area contributed by atoms with Crippen molar-refractivity contribution >= 4 is 23.7 Å². The average molecular weight is 382 g/mol. The summed E-state index contributed by atoms with van der Waals surface area (Å²) in [7, 11) is 0. The fraction of sp³-hybridized carbons (Fsp3) is 0.0500. The number of carbonyl (C=O) groups is 1. The molecule has 0 unspecified atom stereocenters. The lowest BCUT2D eigenvalue weighted by Gasteiger charge is -2.05. The van der Waals surface area contributed by atoms with Crippen LogP contribution in [0.5, 0.6) is 11.5 Å². The van der Waals surface area contributed by atoms with Crippen LogP contribution in [-0.2, 0) is 0 Å². The van der Waals surface area contributed by atoms with Gasteiger partial charge < -0.3 is 10.2 Å². The van der Waals surface area contributed by atoms with E-state index in [1.165, 1.54) is 24.4 Å². The number of aromatic nitrogens is 1. The van der Waals surface area contributed by atoms with E-state index in [-0.39, 0.29) is 22.1 Å². The highest BCUT2D eigenvalue weighted by molar-refractivity contribution is 6.32. The van der Waals surface area contributed by atoms with Crippen LogP contribution in [0.15, 0.2) is 59.7 Å². The summed E-state index contributed by atoms with van der Waals surface area (Å²) in [5, 5.41) is 22.9. The minimum absolute atomic E-state index is 0.0919. The summed E-state index contributed by atoms with van der Waals surface area (Å²) in [5.74, 6) is -0.353. The summed E-state index contributed by atoms with van der Waals surface area (Å²) in [4.78, 5) is 16.6. The number of nitrogens with one attached hydrogen (secondary N) is 1. The minimum Gasteiger partial charge on any atom is -0.508 e. The first-order chi connectivity index (χ1) is 12.9. The zero-order chi connectivity index (χ0) is 19.4. The van der Waals surface area contributed by atoms with E-state index >= 15 is 0 Å². The largest absolute Gasteiger partial charge is 0.508 e. The van der Waals surface area contributed by atoms with Crippen LogP contribution in [0, 0.1) is 6.92 Å². The van der Waals surface area contributed by atoms with E-state index in [1.807, 2.05) is 19.1 Å². The fourth-order valence-corrected chi connectivity index (χ4v) is 2.61. The first-order valence-corrected chi connectivity index (χ1v) is 8.40. The van der Waals surface area contributed by atoms with Crippen LogP contribution in [0.3, 0.4) is 0 Å². The number of hydrogen-bond donors (Lipinski definition) is 3. The van der Waals surface area contributed by atoms with Crippen LogP contribution < -0.4 is 5.43 Å². The van der Waals surface area contributed by atoms with Gasteiger partial charge in [0.2, 0.25) is 0 Å². The molecule has 0 fully saturated rings. The quantitative estimate of drug-likeness (QED) is 0.472. The van der Waals surface area contributed by atoms with Gasteiger partial charge in [-0.05, 0) is 67.1 Å². The predicted molar refractivity (Wildman–Crippen MR) is 104 cm³/mol. The van der Waals surface area contributed by atoms with Crippen LogP contribution in [-0.4, -0.2) is 27.3 Å². The Morgan fingerprint density at radius 2 is 1.85 bits per heavy atom. The van der Waals surface area contributed by atoms with Crippen molar-refractivity contribution in [2.24, 2.45) is 5.10 Å². The first-order valence-electron chi connectivity index (χ1n) is 8.02. The first kappa shape index (κ1) is 18.4. The highest BCUT2D eigenvalue weighted by Crippen LogP contribution is 2.23. The summed E-state index contributed by atoms with van der Waals surface area (Å²) in [5.41, 5.74) is 5.83. The smallest absolute Gasteiger partial charge is 0.271 e. The van der Waals surface area contributed by atoms with Gasteiger partial charge in [0, 0.05) is 16.8 Å². The molecule has 0 atom stereocenters. The molecule has 0 aliphatic carbocycles. The molecular weight excluding hydrogens is 366 g/mol. The van der Waals surface area contributed by atoms with Gasteiger partial charge in [0.25, 0.3) is 5.91 Å². The van der Waals surface area contributed by atoms with E-state index in [4.69, 9.17) is 11.6 Å². The molecule has 0 saturated carbocycles. The Morgan fingerprint density at radius 1 is 1.11 bits per heavy atom. The number of rotatable bonds is 4. The van der Waals surface area contributed by atoms with E-state index in [1.54, 1.807) is 24.3 Å². The van der Waals surface area contributed by atoms with Crippen molar-refractivity contribution in [2.75, 3.05) is 0 Å². The van der Waals surface area contributed by atoms with Crippen molar-refractivity contribution in [2.45, 2.75) is 6.92 Å². The van der Waals surface area contributed by atoms with Gasteiger partial charge in [0.1, 0.15) is 11.5 Å². The number of halogens is 1. The molecule has 7 heteroatoms. The number of benzene rings is 2. The van der Waals surface area contributed by atoms with Gasteiger partial charge >= 0.3 is 0 Å². The van der Waals surface area contributed by atoms with Crippen molar-refractivity contribution in [1.82, 2.24) is 10.4 Å². The van der Waals surface area contributed by atoms with Gasteiger partial charge in [-0.3, -0.25) is 9.78 Å². The highest BCUT2D eigenvalue weighted by atomic mass is 35.5. The highest BCUT2D eigenvalue weighted by Gasteiger charge is 2.07. The van der Waals surface area contributed by atoms with Gasteiger partial charge in [0.05, 0.1) is 16.9 Å². The summed E-state index contributed by atoms with van der Waals surface area (Å²) >= 11 is 5.80. The Balaban J connectivity index is 1.75. The lowest BCUT2D eigenvalue weighted by atomic mass is 10.1. The maximum Gasteiger partial charge on any atom is 0.271 e. The van der Waals surface area contributed by atoms with Gasteiger partial charge in [-0.1, -0.05) is 11.6 Å². The van der Waals surface area contributed by atoms with E-state index in [0.29, 0.717) is 0 Å². The second kappa shape index (κ2) is 7.88. The number of carbonyl (C=O) groups excluding carboxylic acids is 1. The molecule has 0 spiro atoms. The maximum atomic E-state index is 12.1. The molecule has 0 aliphatic heterocycles. The van der Waals surface area contributed by atoms with Crippen molar-refractivity contribution in [3.63, 3.8) is 0 Å². The van der Waals surface area contributed by atoms with Crippen LogP contribution in [0.25, 0.3) is 11.3 Å². The number of phenols is 2. The Morgan fingerprint density at radius 3 is 2.56 bits per heavy atom. The number of pyridine rings is 1. The van der Waals surface area contributed by atoms with Crippen molar-refractivity contribution in [3.05, 3.63) is 76.4 Å². The summed E-state index contributed by atoms with van der Waals surface area (Å²) < 4.78 is 0. The zero-order valence-corrected chi connectivity index (χ0v) is 15.1. The Kier molecular flexibility index (Phi) is 5.38. The number of hydrogen-bond acceptors (Lipinski definition) is 5. The minimum atomic E-state index is -0.447. The Labute approximate surface area is 160 Å². The van der Waals surface area contributed by atoms with E-state index < -0.39 is 5.91 Å². The average Bonchev–Trinajstić information content (AvgIpc) is 2.64. The van der Waals surface area contributed by atoms with Crippen molar-refractivity contribution in [1.29, 1.82) is 0 Å². The number of phenolic OH excluding ortho intramolecular Hbond substituents is 2. The van der Waals surface area contributed by atoms with Gasteiger partial charge in [-0.2, -0.15) is 5.10 Å². The number of aromatic hydroxyl groups is 2. The Hall–Kier alpha value is -3.38. The second-order valence-corrected chi connectivity index (χ2v) is 6.25. The Bertz CT molecular complexity index is 1020. The normalized spacial score (nSPS) is 10.9. The second-order valence-electron chi connectivity index (χ2n) is 5.84. The van der Waals surface area contributed by atoms with Crippen molar-refractivity contribution in [3.8, 4) is 22.8 Å². The maximum absolute atomic E-state index is 12.1. The third kappa shape index (κ3) is 4.62. The number of aryl methyl sites for hydroxylation is 1. The van der Waals surface area contributed by atoms with Crippen LogP contribution in [0.4, 0.5) is 0 Å². The van der Waals surface area contributed by atoms with E-state index in [0.717, 1.165) is 22.5 Å². The third-order valence-electron chi connectivity index (χ3n) is 3.73. The number of nitrogens with zero attached hydrogens (tertiary/aromatic N) is 2. The summed E-state index contributed by atoms with van der Waals surface area (Å²) in [6.07, 6.45) is 1.51. The SMILES string of the molecule is Cc1cc(C=NNC(=O)c2ccc(O)c(Cl)c2)cc(-c2ccc(O)cc2)n1. The molecule has 1 aromatic heterocycles. The lowest BCUT2D eigenvalue weighted by Crippen LogP contribution is -2.17. The molecule has 1 amide bonds. The molecule has 3 rings (SSSR count). The predicted octanol–water partition coefficient (Wildman–Crippen LogP) is 3.89. The zero-order valence-electron chi connectivity index (χ0n) is 14.3. The van der Waals surface area contributed by atoms with Crippen molar-refractivity contribution < 1.29 is 15.0 Å². The van der Waals surface area contributed by atoms with Gasteiger partial charge in [0.15, 0.2) is 0 Å². The molecular formula is C20H16ClN3O3. The van der Waals surface area contributed by atoms with Gasteiger partial charge in [-0.25, -0.2) is 5.43 Å². The van der Waals surface area contributed by atoms with Crippen LogP contribution in [0.2, 0.25) is 5.02 Å². The molecule has 0 aliphatic rings. The molecule has 136 valence electrons. The molecule has 1 heterocycles. The van der Waals surface area contributed by atoms with E-state index in [2.05, 4.69) is 15.5 Å². The lowest BCUT2D eigenvalue weighted by molar-refractivity contribution is 0.0955. The van der Waals surface area contributed by atoms with Crippen LogP contribution in [0.1, 0.15) is 21.6 Å². The fourth-order valence-electron chi connectivity index (χ4n) is 2.43. The number of amides is 1. The molecule has 3 N–H and O–H groups in total. The molecule has 27 heavy (non-hydrogen) atoms. The third-order valence-corrected chi connectivity index (χ3v) is 4.03. The molecule has 6 nitrogen and oxygen atoms in total.